The molecule has 28 heavy (non-hydrogen) atoms. The first kappa shape index (κ1) is 21.2. The van der Waals surface area contributed by atoms with E-state index in [0.29, 0.717) is 19.0 Å². The summed E-state index contributed by atoms with van der Waals surface area (Å²) in [4.78, 5) is 23.9. The average molecular weight is 394 g/mol. The highest BCUT2D eigenvalue weighted by Gasteiger charge is 2.36. The first-order chi connectivity index (χ1) is 13.2. The van der Waals surface area contributed by atoms with Gasteiger partial charge in [-0.25, -0.2) is 4.79 Å². The zero-order valence-corrected chi connectivity index (χ0v) is 18.4. The number of guanidine groups is 1. The molecular formula is C21H39N5O2. The third kappa shape index (κ3) is 5.75. The van der Waals surface area contributed by atoms with Crippen LogP contribution in [0.1, 0.15) is 47.5 Å². The maximum Gasteiger partial charge on any atom is 0.410 e. The largest absolute Gasteiger partial charge is 0.444 e. The van der Waals surface area contributed by atoms with Crippen molar-refractivity contribution in [2.75, 3.05) is 52.4 Å². The fourth-order valence-electron chi connectivity index (χ4n) is 4.46. The van der Waals surface area contributed by atoms with Crippen molar-refractivity contribution in [2.45, 2.75) is 59.1 Å². The van der Waals surface area contributed by atoms with Crippen molar-refractivity contribution in [1.29, 1.82) is 0 Å². The molecule has 0 aromatic heterocycles. The van der Waals surface area contributed by atoms with Gasteiger partial charge < -0.3 is 24.8 Å². The summed E-state index contributed by atoms with van der Waals surface area (Å²) in [6.07, 6.45) is 2.38. The molecule has 0 bridgehead atoms. The molecule has 7 nitrogen and oxygen atoms in total. The molecule has 3 heterocycles. The second-order valence-corrected chi connectivity index (χ2v) is 9.98. The van der Waals surface area contributed by atoms with Gasteiger partial charge in [0.1, 0.15) is 5.60 Å². The molecule has 0 spiro atoms. The minimum atomic E-state index is -0.448. The molecule has 1 amide bonds. The number of aliphatic imine (C=N–C) groups is 1. The van der Waals surface area contributed by atoms with E-state index in [9.17, 15) is 4.79 Å². The second kappa shape index (κ2) is 8.89. The molecule has 1 N–H and O–H groups in total. The standard InChI is InChI=1S/C21H39N5O2/c1-16(2)13-24-8-6-7-17(14-24)11-22-19-23-12-18-15-25(9-10-26(18)19)20(27)28-21(3,4)5/h16-18H,6-15H2,1-5H3,(H,22,23). The number of carbonyl (C=O) groups is 1. The number of piperazine rings is 1. The Kier molecular flexibility index (Phi) is 6.73. The van der Waals surface area contributed by atoms with Crippen molar-refractivity contribution in [2.24, 2.45) is 16.8 Å². The lowest BCUT2D eigenvalue weighted by molar-refractivity contribution is 0.0137. The molecule has 7 heteroatoms. The highest BCUT2D eigenvalue weighted by atomic mass is 16.6. The summed E-state index contributed by atoms with van der Waals surface area (Å²) in [6.45, 7) is 17.9. The highest BCUT2D eigenvalue weighted by Crippen LogP contribution is 2.20. The third-order valence-electron chi connectivity index (χ3n) is 5.63. The lowest BCUT2D eigenvalue weighted by Gasteiger charge is -2.39. The maximum absolute atomic E-state index is 12.4. The Morgan fingerprint density at radius 2 is 2.04 bits per heavy atom. The summed E-state index contributed by atoms with van der Waals surface area (Å²) in [5, 5.41) is 3.62. The molecule has 160 valence electrons. The van der Waals surface area contributed by atoms with Crippen LogP contribution in [0.5, 0.6) is 0 Å². The number of piperidine rings is 1. The zero-order chi connectivity index (χ0) is 20.3. The van der Waals surface area contributed by atoms with Crippen LogP contribution in [-0.2, 0) is 4.74 Å². The lowest BCUT2D eigenvalue weighted by Crippen LogP contribution is -2.58. The van der Waals surface area contributed by atoms with Crippen LogP contribution in [0.15, 0.2) is 4.99 Å². The number of amides is 1. The van der Waals surface area contributed by atoms with E-state index >= 15 is 0 Å². The van der Waals surface area contributed by atoms with E-state index in [0.717, 1.165) is 31.5 Å². The molecule has 0 aromatic carbocycles. The SMILES string of the molecule is CC(C)CN1CCCC(CNC2=NCC3CN(C(=O)OC(C)(C)C)CCN23)C1. The maximum atomic E-state index is 12.4. The summed E-state index contributed by atoms with van der Waals surface area (Å²) in [5.41, 5.74) is -0.448. The van der Waals surface area contributed by atoms with Gasteiger partial charge in [-0.15, -0.1) is 0 Å². The van der Waals surface area contributed by atoms with E-state index in [2.05, 4.69) is 29.0 Å². The van der Waals surface area contributed by atoms with Gasteiger partial charge in [0.25, 0.3) is 0 Å². The number of likely N-dealkylation sites (tertiary alicyclic amines) is 1. The summed E-state index contributed by atoms with van der Waals surface area (Å²) >= 11 is 0. The van der Waals surface area contributed by atoms with E-state index in [1.807, 2.05) is 25.7 Å². The minimum absolute atomic E-state index is 0.207. The van der Waals surface area contributed by atoms with Crippen LogP contribution in [0.25, 0.3) is 0 Å². The van der Waals surface area contributed by atoms with Crippen molar-refractivity contribution in [1.82, 2.24) is 20.0 Å². The van der Waals surface area contributed by atoms with E-state index in [4.69, 9.17) is 9.73 Å². The van der Waals surface area contributed by atoms with Crippen LogP contribution in [0.3, 0.4) is 0 Å². The third-order valence-corrected chi connectivity index (χ3v) is 5.63. The molecule has 0 radical (unpaired) electrons. The smallest absolute Gasteiger partial charge is 0.410 e. The van der Waals surface area contributed by atoms with Crippen LogP contribution in [-0.4, -0.2) is 90.8 Å². The first-order valence-electron chi connectivity index (χ1n) is 11.0. The van der Waals surface area contributed by atoms with Crippen LogP contribution < -0.4 is 5.32 Å². The Morgan fingerprint density at radius 3 is 2.75 bits per heavy atom. The minimum Gasteiger partial charge on any atom is -0.444 e. The number of ether oxygens (including phenoxy) is 1. The van der Waals surface area contributed by atoms with Gasteiger partial charge in [0.05, 0.1) is 12.6 Å². The number of carbonyl (C=O) groups excluding carboxylic acids is 1. The van der Waals surface area contributed by atoms with Crippen molar-refractivity contribution < 1.29 is 9.53 Å². The molecule has 2 fully saturated rings. The number of nitrogens with one attached hydrogen (secondary N) is 1. The van der Waals surface area contributed by atoms with Crippen LogP contribution in [0.4, 0.5) is 4.79 Å². The second-order valence-electron chi connectivity index (χ2n) is 9.98. The van der Waals surface area contributed by atoms with Gasteiger partial charge in [-0.05, 0) is 52.0 Å². The molecule has 0 aromatic rings. The summed E-state index contributed by atoms with van der Waals surface area (Å²) in [7, 11) is 0. The number of hydrogen-bond donors (Lipinski definition) is 1. The van der Waals surface area contributed by atoms with Gasteiger partial charge in [-0.3, -0.25) is 4.99 Å². The van der Waals surface area contributed by atoms with Gasteiger partial charge in [0.2, 0.25) is 0 Å². The van der Waals surface area contributed by atoms with E-state index in [1.165, 1.54) is 32.5 Å². The lowest BCUT2D eigenvalue weighted by atomic mass is 9.97. The molecule has 3 rings (SSSR count). The predicted octanol–water partition coefficient (Wildman–Crippen LogP) is 2.23. The van der Waals surface area contributed by atoms with E-state index in [1.54, 1.807) is 0 Å². The van der Waals surface area contributed by atoms with Gasteiger partial charge >= 0.3 is 6.09 Å². The fraction of sp³-hybridized carbons (Fsp3) is 0.905. The molecular weight excluding hydrogens is 354 g/mol. The van der Waals surface area contributed by atoms with Crippen LogP contribution in [0.2, 0.25) is 0 Å². The monoisotopic (exact) mass is 393 g/mol. The van der Waals surface area contributed by atoms with Crippen LogP contribution in [0, 0.1) is 11.8 Å². The molecule has 3 aliphatic rings. The fourth-order valence-corrected chi connectivity index (χ4v) is 4.46. The number of rotatable bonds is 4. The summed E-state index contributed by atoms with van der Waals surface area (Å²) < 4.78 is 5.53. The number of fused-ring (bicyclic) bond motifs is 1. The van der Waals surface area contributed by atoms with Crippen molar-refractivity contribution in [3.63, 3.8) is 0 Å². The number of nitrogens with zero attached hydrogens (tertiary/aromatic N) is 4. The van der Waals surface area contributed by atoms with Gasteiger partial charge in [-0.1, -0.05) is 13.8 Å². The van der Waals surface area contributed by atoms with Crippen molar-refractivity contribution in [3.8, 4) is 0 Å². The van der Waals surface area contributed by atoms with Crippen LogP contribution >= 0.6 is 0 Å². The first-order valence-corrected chi connectivity index (χ1v) is 11.0. The predicted molar refractivity (Wildman–Crippen MR) is 113 cm³/mol. The quantitative estimate of drug-likeness (QED) is 0.794. The van der Waals surface area contributed by atoms with Crippen molar-refractivity contribution >= 4 is 12.1 Å². The van der Waals surface area contributed by atoms with Gasteiger partial charge in [-0.2, -0.15) is 0 Å². The highest BCUT2D eigenvalue weighted by molar-refractivity contribution is 5.82. The summed E-state index contributed by atoms with van der Waals surface area (Å²) in [6, 6.07) is 0.271. The molecule has 2 unspecified atom stereocenters. The summed E-state index contributed by atoms with van der Waals surface area (Å²) in [5.74, 6) is 2.44. The molecule has 0 aliphatic carbocycles. The number of hydrogen-bond acceptors (Lipinski definition) is 6. The Morgan fingerprint density at radius 1 is 1.25 bits per heavy atom. The Bertz CT molecular complexity index is 572. The van der Waals surface area contributed by atoms with E-state index < -0.39 is 5.60 Å². The van der Waals surface area contributed by atoms with Gasteiger partial charge in [0, 0.05) is 39.3 Å². The normalized spacial score (nSPS) is 26.3. The van der Waals surface area contributed by atoms with E-state index in [-0.39, 0.29) is 12.1 Å². The molecule has 2 atom stereocenters. The topological polar surface area (TPSA) is 60.4 Å². The zero-order valence-electron chi connectivity index (χ0n) is 18.4. The van der Waals surface area contributed by atoms with Gasteiger partial charge in [0.15, 0.2) is 5.96 Å². The molecule has 3 aliphatic heterocycles. The Balaban J connectivity index is 1.44. The Hall–Kier alpha value is -1.50. The molecule has 2 saturated heterocycles. The van der Waals surface area contributed by atoms with Crippen molar-refractivity contribution in [3.05, 3.63) is 0 Å². The Labute approximate surface area is 170 Å². The molecule has 0 saturated carbocycles. The average Bonchev–Trinajstić information content (AvgIpc) is 3.00.